The van der Waals surface area contributed by atoms with Gasteiger partial charge >= 0.3 is 6.03 Å². The van der Waals surface area contributed by atoms with E-state index in [-0.39, 0.29) is 6.03 Å². The number of aromatic nitrogens is 2. The zero-order chi connectivity index (χ0) is 14.8. The fourth-order valence-electron chi connectivity index (χ4n) is 3.01. The highest BCUT2D eigenvalue weighted by molar-refractivity contribution is 5.78. The third kappa shape index (κ3) is 2.84. The van der Waals surface area contributed by atoms with Crippen LogP contribution in [0.1, 0.15) is 31.2 Å². The van der Waals surface area contributed by atoms with Gasteiger partial charge in [0.1, 0.15) is 6.33 Å². The first-order valence-corrected chi connectivity index (χ1v) is 7.53. The molecule has 21 heavy (non-hydrogen) atoms. The van der Waals surface area contributed by atoms with Crippen LogP contribution in [0.2, 0.25) is 0 Å². The Balaban J connectivity index is 1.79. The highest BCUT2D eigenvalue weighted by atomic mass is 16.2. The van der Waals surface area contributed by atoms with Gasteiger partial charge in [-0.2, -0.15) is 0 Å². The van der Waals surface area contributed by atoms with Gasteiger partial charge in [0.2, 0.25) is 0 Å². The van der Waals surface area contributed by atoms with Gasteiger partial charge in [0.05, 0.1) is 5.69 Å². The molecule has 1 saturated carbocycles. The Morgan fingerprint density at radius 2 is 2.10 bits per heavy atom. The third-order valence-corrected chi connectivity index (χ3v) is 4.29. The lowest BCUT2D eigenvalue weighted by Crippen LogP contribution is -2.37. The largest absolute Gasteiger partial charge is 0.329 e. The molecule has 1 amide bonds. The number of imidazole rings is 1. The highest BCUT2D eigenvalue weighted by Crippen LogP contribution is 2.23. The van der Waals surface area contributed by atoms with Crippen LogP contribution in [0.25, 0.3) is 11.3 Å². The Morgan fingerprint density at radius 1 is 1.33 bits per heavy atom. The van der Waals surface area contributed by atoms with E-state index >= 15 is 0 Å². The topological polar surface area (TPSA) is 38.1 Å². The fourth-order valence-corrected chi connectivity index (χ4v) is 3.01. The van der Waals surface area contributed by atoms with Crippen LogP contribution in [0.5, 0.6) is 0 Å². The molecule has 0 N–H and O–H groups in total. The molecule has 1 fully saturated rings. The number of hydrogen-bond acceptors (Lipinski definition) is 2. The van der Waals surface area contributed by atoms with Crippen molar-refractivity contribution in [1.29, 1.82) is 0 Å². The lowest BCUT2D eigenvalue weighted by atomic mass is 10.1. The summed E-state index contributed by atoms with van der Waals surface area (Å²) in [6, 6.07) is 8.55. The van der Waals surface area contributed by atoms with E-state index in [0.717, 1.165) is 24.1 Å². The van der Waals surface area contributed by atoms with Gasteiger partial charge in [-0.1, -0.05) is 36.6 Å². The molecular formula is C17H21N3O. The molecule has 4 heteroatoms. The molecule has 0 unspecified atom stereocenters. The smallest absolute Gasteiger partial charge is 0.324 e. The van der Waals surface area contributed by atoms with Gasteiger partial charge in [-0.3, -0.25) is 4.57 Å². The predicted octanol–water partition coefficient (Wildman–Crippen LogP) is 3.70. The summed E-state index contributed by atoms with van der Waals surface area (Å²) in [5, 5.41) is 0. The minimum atomic E-state index is 0.00769. The summed E-state index contributed by atoms with van der Waals surface area (Å²) in [6.45, 7) is 2.06. The number of nitrogens with zero attached hydrogens (tertiary/aromatic N) is 3. The second kappa shape index (κ2) is 5.72. The Kier molecular flexibility index (Phi) is 3.78. The van der Waals surface area contributed by atoms with Crippen LogP contribution in [0.4, 0.5) is 4.79 Å². The summed E-state index contributed by atoms with van der Waals surface area (Å²) in [5.41, 5.74) is 3.08. The van der Waals surface area contributed by atoms with Crippen molar-refractivity contribution in [1.82, 2.24) is 14.5 Å². The molecule has 110 valence electrons. The van der Waals surface area contributed by atoms with Crippen LogP contribution < -0.4 is 0 Å². The van der Waals surface area contributed by atoms with Crippen molar-refractivity contribution in [3.8, 4) is 11.3 Å². The van der Waals surface area contributed by atoms with Gasteiger partial charge in [-0.25, -0.2) is 9.78 Å². The molecule has 1 aromatic carbocycles. The SMILES string of the molecule is Cc1cccc(-c2cn(C(=O)N(C)C3CCCC3)cn2)c1. The number of aryl methyl sites for hydroxylation is 1. The highest BCUT2D eigenvalue weighted by Gasteiger charge is 2.24. The first-order valence-electron chi connectivity index (χ1n) is 7.53. The molecule has 0 bridgehead atoms. The molecule has 0 aliphatic heterocycles. The van der Waals surface area contributed by atoms with E-state index in [1.807, 2.05) is 30.3 Å². The van der Waals surface area contributed by atoms with Crippen LogP contribution >= 0.6 is 0 Å². The summed E-state index contributed by atoms with van der Waals surface area (Å²) in [6.07, 6.45) is 8.11. The predicted molar refractivity (Wildman–Crippen MR) is 83.2 cm³/mol. The van der Waals surface area contributed by atoms with Crippen molar-refractivity contribution in [3.05, 3.63) is 42.4 Å². The average Bonchev–Trinajstić information content (AvgIpc) is 3.17. The monoisotopic (exact) mass is 283 g/mol. The van der Waals surface area contributed by atoms with Crippen LogP contribution in [-0.2, 0) is 0 Å². The second-order valence-electron chi connectivity index (χ2n) is 5.87. The quantitative estimate of drug-likeness (QED) is 0.843. The normalized spacial score (nSPS) is 15.3. The summed E-state index contributed by atoms with van der Waals surface area (Å²) in [4.78, 5) is 18.7. The number of rotatable bonds is 2. The van der Waals surface area contributed by atoms with Crippen molar-refractivity contribution < 1.29 is 4.79 Å². The van der Waals surface area contributed by atoms with Crippen molar-refractivity contribution in [2.45, 2.75) is 38.6 Å². The van der Waals surface area contributed by atoms with E-state index in [9.17, 15) is 4.79 Å². The molecule has 1 aromatic heterocycles. The van der Waals surface area contributed by atoms with Crippen molar-refractivity contribution >= 4 is 6.03 Å². The number of carbonyl (C=O) groups is 1. The Labute approximate surface area is 125 Å². The first kappa shape index (κ1) is 13.9. The molecule has 0 atom stereocenters. The lowest BCUT2D eigenvalue weighted by molar-refractivity contribution is 0.192. The van der Waals surface area contributed by atoms with Crippen LogP contribution in [0.3, 0.4) is 0 Å². The Bertz CT molecular complexity index is 641. The maximum atomic E-state index is 12.5. The Hall–Kier alpha value is -2.10. The summed E-state index contributed by atoms with van der Waals surface area (Å²) < 4.78 is 1.59. The van der Waals surface area contributed by atoms with Gasteiger partial charge in [0.25, 0.3) is 0 Å². The van der Waals surface area contributed by atoms with Gasteiger partial charge in [0, 0.05) is 24.8 Å². The maximum absolute atomic E-state index is 12.5. The van der Waals surface area contributed by atoms with E-state index in [0.29, 0.717) is 6.04 Å². The molecule has 1 aliphatic rings. The van der Waals surface area contributed by atoms with Gasteiger partial charge in [0.15, 0.2) is 0 Å². The molecule has 1 aliphatic carbocycles. The Morgan fingerprint density at radius 3 is 2.81 bits per heavy atom. The zero-order valence-corrected chi connectivity index (χ0v) is 12.6. The van der Waals surface area contributed by atoms with Gasteiger partial charge < -0.3 is 4.90 Å². The number of carbonyl (C=O) groups excluding carboxylic acids is 1. The minimum absolute atomic E-state index is 0.00769. The molecular weight excluding hydrogens is 262 g/mol. The first-order chi connectivity index (χ1) is 10.1. The van der Waals surface area contributed by atoms with Crippen LogP contribution in [-0.4, -0.2) is 33.6 Å². The van der Waals surface area contributed by atoms with Crippen molar-refractivity contribution in [2.24, 2.45) is 0 Å². The zero-order valence-electron chi connectivity index (χ0n) is 12.6. The number of benzene rings is 1. The number of hydrogen-bond donors (Lipinski definition) is 0. The molecule has 1 heterocycles. The fraction of sp³-hybridized carbons (Fsp3) is 0.412. The summed E-state index contributed by atoms with van der Waals surface area (Å²) in [7, 11) is 1.89. The van der Waals surface area contributed by atoms with E-state index < -0.39 is 0 Å². The van der Waals surface area contributed by atoms with Crippen molar-refractivity contribution in [2.75, 3.05) is 7.05 Å². The van der Waals surface area contributed by atoms with Gasteiger partial charge in [-0.05, 0) is 25.8 Å². The van der Waals surface area contributed by atoms with E-state index in [1.165, 1.54) is 18.4 Å². The minimum Gasteiger partial charge on any atom is -0.324 e. The standard InChI is InChI=1S/C17H21N3O/c1-13-6-5-7-14(10-13)16-11-20(12-18-16)17(21)19(2)15-8-3-4-9-15/h5-7,10-12,15H,3-4,8-9H2,1-2H3. The molecule has 3 rings (SSSR count). The van der Waals surface area contributed by atoms with Crippen LogP contribution in [0, 0.1) is 6.92 Å². The molecule has 0 radical (unpaired) electrons. The molecule has 4 nitrogen and oxygen atoms in total. The molecule has 2 aromatic rings. The van der Waals surface area contributed by atoms with Crippen molar-refractivity contribution in [3.63, 3.8) is 0 Å². The maximum Gasteiger partial charge on any atom is 0.329 e. The third-order valence-electron chi connectivity index (χ3n) is 4.29. The molecule has 0 saturated heterocycles. The second-order valence-corrected chi connectivity index (χ2v) is 5.87. The van der Waals surface area contributed by atoms with Gasteiger partial charge in [-0.15, -0.1) is 0 Å². The van der Waals surface area contributed by atoms with E-state index in [1.54, 1.807) is 10.9 Å². The van der Waals surface area contributed by atoms with E-state index in [2.05, 4.69) is 24.0 Å². The molecule has 0 spiro atoms. The van der Waals surface area contributed by atoms with Crippen LogP contribution in [0.15, 0.2) is 36.8 Å². The average molecular weight is 283 g/mol. The summed E-state index contributed by atoms with van der Waals surface area (Å²) >= 11 is 0. The lowest BCUT2D eigenvalue weighted by Gasteiger charge is -2.23. The summed E-state index contributed by atoms with van der Waals surface area (Å²) in [5.74, 6) is 0. The van der Waals surface area contributed by atoms with E-state index in [4.69, 9.17) is 0 Å². The number of amides is 1.